The number of aryl methyl sites for hydroxylation is 1. The zero-order chi connectivity index (χ0) is 25.7. The summed E-state index contributed by atoms with van der Waals surface area (Å²) < 4.78 is 6.56. The molecule has 0 aromatic heterocycles. The number of fused-ring (bicyclic) bond motifs is 1. The summed E-state index contributed by atoms with van der Waals surface area (Å²) in [7, 11) is 0. The molecule has 3 fully saturated rings. The third kappa shape index (κ3) is 4.64. The van der Waals surface area contributed by atoms with Crippen molar-refractivity contribution in [1.82, 2.24) is 15.1 Å². The minimum atomic E-state index is -0.605. The van der Waals surface area contributed by atoms with Gasteiger partial charge in [-0.25, -0.2) is 0 Å². The van der Waals surface area contributed by atoms with Crippen molar-refractivity contribution in [3.05, 3.63) is 63.7 Å². The number of nitrogens with zero attached hydrogens (tertiary/aromatic N) is 2. The maximum Gasteiger partial charge on any atom is 0.255 e. The average molecular weight is 522 g/mol. The van der Waals surface area contributed by atoms with Gasteiger partial charge in [0.1, 0.15) is 17.9 Å². The highest BCUT2D eigenvalue weighted by Crippen LogP contribution is 2.38. The molecular weight excluding hydrogens is 490 g/mol. The number of benzene rings is 2. The molecule has 1 N–H and O–H groups in total. The smallest absolute Gasteiger partial charge is 0.255 e. The minimum Gasteiger partial charge on any atom is -0.489 e. The Morgan fingerprint density at radius 2 is 1.81 bits per heavy atom. The van der Waals surface area contributed by atoms with E-state index in [1.54, 1.807) is 4.90 Å². The summed E-state index contributed by atoms with van der Waals surface area (Å²) in [5.41, 5.74) is 3.90. The fraction of sp³-hybridized carbons (Fsp3) is 0.483. The maximum atomic E-state index is 13.0. The van der Waals surface area contributed by atoms with Gasteiger partial charge in [-0.05, 0) is 73.6 Å². The molecule has 8 heteroatoms. The molecule has 37 heavy (non-hydrogen) atoms. The second-order valence-corrected chi connectivity index (χ2v) is 11.3. The Kier molecular flexibility index (Phi) is 6.45. The summed E-state index contributed by atoms with van der Waals surface area (Å²) in [5, 5.41) is 3.22. The second-order valence-electron chi connectivity index (χ2n) is 10.9. The monoisotopic (exact) mass is 521 g/mol. The molecule has 0 unspecified atom stereocenters. The molecular formula is C29H32ClN3O4. The van der Waals surface area contributed by atoms with Crippen molar-refractivity contribution in [1.29, 1.82) is 0 Å². The molecule has 0 spiro atoms. The molecule has 2 aromatic carbocycles. The number of rotatable bonds is 5. The first kappa shape index (κ1) is 24.4. The molecule has 4 aliphatic rings. The van der Waals surface area contributed by atoms with Crippen LogP contribution in [-0.4, -0.2) is 58.8 Å². The summed E-state index contributed by atoms with van der Waals surface area (Å²) in [5.74, 6) is 0.400. The molecule has 6 rings (SSSR count). The lowest BCUT2D eigenvalue weighted by molar-refractivity contribution is -0.136. The lowest BCUT2D eigenvalue weighted by Gasteiger charge is -2.48. The van der Waals surface area contributed by atoms with Crippen LogP contribution in [0.5, 0.6) is 5.75 Å². The van der Waals surface area contributed by atoms with E-state index in [9.17, 15) is 14.4 Å². The number of carbonyl (C=O) groups excluding carboxylic acids is 3. The van der Waals surface area contributed by atoms with Crippen LogP contribution in [0.4, 0.5) is 0 Å². The third-order valence-corrected chi connectivity index (χ3v) is 8.75. The SMILES string of the molecule is Cc1ccc(C2CN([C@@H]3CCCC[C@@H]3Oc3ccc4c(c3)CN([C@@H]3CCC(=O)NC3=O)C4=O)C2)c(Cl)c1. The van der Waals surface area contributed by atoms with Crippen LogP contribution in [0.15, 0.2) is 36.4 Å². The Labute approximate surface area is 222 Å². The standard InChI is InChI=1S/C29H32ClN3O4/c1-17-6-8-21(23(30)12-17)19-14-32(15-19)24-4-2-3-5-26(24)37-20-7-9-22-18(13-20)16-33(29(22)36)25-10-11-27(34)31-28(25)35/h6-9,12-13,19,24-26H,2-5,10-11,14-16H2,1H3,(H,31,34,35)/t24-,25-,26+/m1/s1. The van der Waals surface area contributed by atoms with Crippen molar-refractivity contribution >= 4 is 29.3 Å². The van der Waals surface area contributed by atoms with E-state index in [-0.39, 0.29) is 24.3 Å². The highest BCUT2D eigenvalue weighted by Gasteiger charge is 2.41. The fourth-order valence-corrected chi connectivity index (χ4v) is 6.76. The number of carbonyl (C=O) groups is 3. The topological polar surface area (TPSA) is 79.0 Å². The molecule has 0 radical (unpaired) electrons. The predicted octanol–water partition coefficient (Wildman–Crippen LogP) is 4.20. The van der Waals surface area contributed by atoms with E-state index in [2.05, 4.69) is 29.3 Å². The molecule has 0 bridgehead atoms. The van der Waals surface area contributed by atoms with Crippen LogP contribution in [0.1, 0.15) is 71.5 Å². The molecule has 194 valence electrons. The fourth-order valence-electron chi connectivity index (χ4n) is 6.37. The van der Waals surface area contributed by atoms with Gasteiger partial charge in [0.2, 0.25) is 11.8 Å². The van der Waals surface area contributed by atoms with Gasteiger partial charge in [-0.2, -0.15) is 0 Å². The number of halogens is 1. The van der Waals surface area contributed by atoms with Crippen molar-refractivity contribution in [2.45, 2.75) is 76.1 Å². The molecule has 1 saturated carbocycles. The number of likely N-dealkylation sites (tertiary alicyclic amines) is 1. The van der Waals surface area contributed by atoms with Gasteiger partial charge in [-0.3, -0.25) is 24.6 Å². The van der Waals surface area contributed by atoms with Crippen molar-refractivity contribution < 1.29 is 19.1 Å². The molecule has 7 nitrogen and oxygen atoms in total. The number of amides is 3. The molecule has 3 atom stereocenters. The maximum absolute atomic E-state index is 13.0. The van der Waals surface area contributed by atoms with Crippen LogP contribution in [0, 0.1) is 6.92 Å². The van der Waals surface area contributed by atoms with E-state index >= 15 is 0 Å². The number of ether oxygens (including phenoxy) is 1. The third-order valence-electron chi connectivity index (χ3n) is 8.42. The number of nitrogens with one attached hydrogen (secondary N) is 1. The van der Waals surface area contributed by atoms with Gasteiger partial charge in [0.25, 0.3) is 5.91 Å². The van der Waals surface area contributed by atoms with Crippen LogP contribution in [0.25, 0.3) is 0 Å². The van der Waals surface area contributed by atoms with E-state index in [0.717, 1.165) is 48.7 Å². The molecule has 1 aliphatic carbocycles. The zero-order valence-corrected chi connectivity index (χ0v) is 21.8. The quantitative estimate of drug-likeness (QED) is 0.597. The number of imide groups is 1. The van der Waals surface area contributed by atoms with E-state index < -0.39 is 11.9 Å². The highest BCUT2D eigenvalue weighted by atomic mass is 35.5. The van der Waals surface area contributed by atoms with Gasteiger partial charge in [0.15, 0.2) is 0 Å². The van der Waals surface area contributed by atoms with Gasteiger partial charge in [0, 0.05) is 48.6 Å². The Morgan fingerprint density at radius 3 is 2.59 bits per heavy atom. The first-order valence-corrected chi connectivity index (χ1v) is 13.7. The first-order chi connectivity index (χ1) is 17.9. The molecule has 2 aromatic rings. The average Bonchev–Trinajstić information content (AvgIpc) is 3.16. The molecule has 3 heterocycles. The Hall–Kier alpha value is -2.90. The Bertz CT molecular complexity index is 1260. The van der Waals surface area contributed by atoms with Gasteiger partial charge >= 0.3 is 0 Å². The van der Waals surface area contributed by atoms with Crippen LogP contribution in [0.2, 0.25) is 5.02 Å². The summed E-state index contributed by atoms with van der Waals surface area (Å²) in [4.78, 5) is 41.0. The van der Waals surface area contributed by atoms with Crippen molar-refractivity contribution in [2.75, 3.05) is 13.1 Å². The summed E-state index contributed by atoms with van der Waals surface area (Å²) >= 11 is 6.53. The van der Waals surface area contributed by atoms with Crippen molar-refractivity contribution in [3.8, 4) is 5.75 Å². The van der Waals surface area contributed by atoms with Crippen LogP contribution in [0.3, 0.4) is 0 Å². The second kappa shape index (κ2) is 9.76. The Morgan fingerprint density at radius 1 is 1.00 bits per heavy atom. The minimum absolute atomic E-state index is 0.101. The first-order valence-electron chi connectivity index (χ1n) is 13.3. The van der Waals surface area contributed by atoms with E-state index in [4.69, 9.17) is 16.3 Å². The molecule has 2 saturated heterocycles. The number of hydrogen-bond acceptors (Lipinski definition) is 5. The Balaban J connectivity index is 1.12. The predicted molar refractivity (Wildman–Crippen MR) is 140 cm³/mol. The van der Waals surface area contributed by atoms with Gasteiger partial charge in [-0.15, -0.1) is 0 Å². The van der Waals surface area contributed by atoms with Gasteiger partial charge in [0.05, 0.1) is 0 Å². The van der Waals surface area contributed by atoms with E-state index in [1.165, 1.54) is 17.5 Å². The van der Waals surface area contributed by atoms with E-state index in [0.29, 0.717) is 30.5 Å². The normalized spacial score (nSPS) is 26.6. The summed E-state index contributed by atoms with van der Waals surface area (Å²) in [6.45, 7) is 4.41. The molecule has 3 amide bonds. The largest absolute Gasteiger partial charge is 0.489 e. The van der Waals surface area contributed by atoms with Gasteiger partial charge < -0.3 is 9.64 Å². The summed E-state index contributed by atoms with van der Waals surface area (Å²) in [6, 6.07) is 11.8. The lowest BCUT2D eigenvalue weighted by Crippen LogP contribution is -2.57. The summed E-state index contributed by atoms with van der Waals surface area (Å²) in [6.07, 6.45) is 5.20. The molecule has 3 aliphatic heterocycles. The van der Waals surface area contributed by atoms with Crippen LogP contribution in [-0.2, 0) is 16.1 Å². The van der Waals surface area contributed by atoms with E-state index in [1.807, 2.05) is 24.3 Å². The van der Waals surface area contributed by atoms with Crippen molar-refractivity contribution in [3.63, 3.8) is 0 Å². The van der Waals surface area contributed by atoms with Gasteiger partial charge in [-0.1, -0.05) is 30.2 Å². The van der Waals surface area contributed by atoms with Crippen LogP contribution < -0.4 is 10.1 Å². The number of hydrogen-bond donors (Lipinski definition) is 1. The highest BCUT2D eigenvalue weighted by molar-refractivity contribution is 6.31. The zero-order valence-electron chi connectivity index (χ0n) is 21.0. The van der Waals surface area contributed by atoms with Crippen LogP contribution >= 0.6 is 11.6 Å². The number of piperidine rings is 1. The lowest BCUT2D eigenvalue weighted by atomic mass is 9.84. The van der Waals surface area contributed by atoms with Crippen molar-refractivity contribution in [2.24, 2.45) is 0 Å².